The molecule has 0 heterocycles. The van der Waals surface area contributed by atoms with Gasteiger partial charge < -0.3 is 15.3 Å². The van der Waals surface area contributed by atoms with Crippen molar-refractivity contribution < 1.29 is 15.3 Å². The molecular weight excluding hydrogens is 420 g/mol. The van der Waals surface area contributed by atoms with Gasteiger partial charge in [0.2, 0.25) is 0 Å². The van der Waals surface area contributed by atoms with Crippen molar-refractivity contribution in [2.75, 3.05) is 6.61 Å². The summed E-state index contributed by atoms with van der Waals surface area (Å²) in [6.07, 6.45) is 10.4. The van der Waals surface area contributed by atoms with Crippen LogP contribution in [0.15, 0.2) is 0 Å². The van der Waals surface area contributed by atoms with E-state index in [-0.39, 0.29) is 62.6 Å². The zero-order valence-corrected chi connectivity index (χ0v) is 23.5. The normalized spacial score (nSPS) is 58.1. The first-order valence-corrected chi connectivity index (χ1v) is 14.5. The average molecular weight is 475 g/mol. The van der Waals surface area contributed by atoms with Crippen LogP contribution in [0.25, 0.3) is 0 Å². The molecule has 3 nitrogen and oxygen atoms in total. The molecule has 0 aromatic rings. The van der Waals surface area contributed by atoms with Crippen LogP contribution in [0.5, 0.6) is 0 Å². The lowest BCUT2D eigenvalue weighted by Gasteiger charge is -2.78. The summed E-state index contributed by atoms with van der Waals surface area (Å²) in [4.78, 5) is 0. The monoisotopic (exact) mass is 474 g/mol. The Morgan fingerprint density at radius 1 is 0.676 bits per heavy atom. The van der Waals surface area contributed by atoms with Gasteiger partial charge in [-0.3, -0.25) is 0 Å². The van der Waals surface area contributed by atoms with Crippen molar-refractivity contribution in [3.05, 3.63) is 0 Å². The van der Waals surface area contributed by atoms with Crippen LogP contribution in [0.1, 0.15) is 120 Å². The molecule has 1 unspecified atom stereocenters. The molecule has 5 aliphatic rings. The molecule has 0 aromatic carbocycles. The summed E-state index contributed by atoms with van der Waals surface area (Å²) in [5.41, 5.74) is 0.593. The highest BCUT2D eigenvalue weighted by Crippen LogP contribution is 2.81. The van der Waals surface area contributed by atoms with E-state index >= 15 is 0 Å². The molecule has 5 fully saturated rings. The van der Waals surface area contributed by atoms with Gasteiger partial charge in [-0.2, -0.15) is 0 Å². The van der Waals surface area contributed by atoms with Crippen LogP contribution >= 0.6 is 0 Å². The minimum Gasteiger partial charge on any atom is -0.396 e. The van der Waals surface area contributed by atoms with Gasteiger partial charge in [-0.1, -0.05) is 55.4 Å². The zero-order valence-electron chi connectivity index (χ0n) is 23.5. The van der Waals surface area contributed by atoms with Gasteiger partial charge in [-0.15, -0.1) is 0 Å². The summed E-state index contributed by atoms with van der Waals surface area (Å²) < 4.78 is 0. The minimum atomic E-state index is -0.307. The lowest BCUT2D eigenvalue weighted by molar-refractivity contribution is -0.318. The molecular formula is C31H54O3. The van der Waals surface area contributed by atoms with E-state index in [2.05, 4.69) is 55.4 Å². The maximum atomic E-state index is 12.2. The summed E-state index contributed by atoms with van der Waals surface area (Å²) >= 11 is 0. The molecule has 0 aliphatic heterocycles. The molecule has 0 aromatic heterocycles. The van der Waals surface area contributed by atoms with Gasteiger partial charge in [0.15, 0.2) is 0 Å². The number of hydrogen-bond donors (Lipinski definition) is 3. The quantitative estimate of drug-likeness (QED) is 0.402. The fourth-order valence-corrected chi connectivity index (χ4v) is 11.9. The molecule has 10 atom stereocenters. The fraction of sp³-hybridized carbons (Fsp3) is 1.00. The summed E-state index contributed by atoms with van der Waals surface area (Å²) in [6, 6.07) is 0. The van der Waals surface area contributed by atoms with Gasteiger partial charge in [0.1, 0.15) is 0 Å². The van der Waals surface area contributed by atoms with E-state index < -0.39 is 0 Å². The Bertz CT molecular complexity index is 835. The third-order valence-corrected chi connectivity index (χ3v) is 14.7. The van der Waals surface area contributed by atoms with E-state index in [1.807, 2.05) is 0 Å². The summed E-state index contributed by atoms with van der Waals surface area (Å²) in [5.74, 6) is 1.17. The predicted molar refractivity (Wildman–Crippen MR) is 138 cm³/mol. The van der Waals surface area contributed by atoms with Crippen molar-refractivity contribution in [1.29, 1.82) is 0 Å². The molecule has 196 valence electrons. The highest BCUT2D eigenvalue weighted by Gasteiger charge is 2.75. The Kier molecular flexibility index (Phi) is 5.44. The average Bonchev–Trinajstić information content (AvgIpc) is 2.74. The minimum absolute atomic E-state index is 0.00280. The van der Waals surface area contributed by atoms with Crippen LogP contribution in [-0.2, 0) is 0 Å². The first-order valence-electron chi connectivity index (χ1n) is 14.5. The van der Waals surface area contributed by atoms with E-state index in [4.69, 9.17) is 0 Å². The number of fused-ring (bicyclic) bond motifs is 7. The van der Waals surface area contributed by atoms with E-state index in [1.165, 1.54) is 19.3 Å². The van der Waals surface area contributed by atoms with E-state index in [9.17, 15) is 15.3 Å². The standard InChI is InChI=1S/C31H54O3/c1-25(2)13-15-31(19-32)16-14-28(6)24(20(31)17-25)21(33)18-30(8)27(5)11-10-23(34)26(3,4)22(27)9-12-29(28,30)7/h20-24,32-34H,9-19H2,1-8H3/t20-,21-,22?,23-,24-,27-,28+,29-,30+,31+/m0/s1. The highest BCUT2D eigenvalue weighted by atomic mass is 16.3. The van der Waals surface area contributed by atoms with Crippen LogP contribution in [0.2, 0.25) is 0 Å². The Balaban J connectivity index is 1.62. The Hall–Kier alpha value is -0.120. The van der Waals surface area contributed by atoms with Crippen molar-refractivity contribution in [2.24, 2.45) is 55.7 Å². The van der Waals surface area contributed by atoms with Gasteiger partial charge in [-0.05, 0) is 120 Å². The SMILES string of the molecule is CC1(C)CC[C@]2(CO)CC[C@]3(C)[C@H]([C@@H](O)C[C@@]4(C)[C@@]3(C)CCC3C(C)(C)[C@@H](O)CC[C@@]34C)[C@@H]2C1. The van der Waals surface area contributed by atoms with Crippen LogP contribution in [0.4, 0.5) is 0 Å². The molecule has 3 heteroatoms. The number of aliphatic hydroxyl groups is 3. The summed E-state index contributed by atoms with van der Waals surface area (Å²) in [6.45, 7) is 19.9. The third kappa shape index (κ3) is 2.82. The smallest absolute Gasteiger partial charge is 0.0594 e. The number of aliphatic hydroxyl groups excluding tert-OH is 3. The van der Waals surface area contributed by atoms with Crippen LogP contribution in [-0.4, -0.2) is 34.1 Å². The molecule has 0 radical (unpaired) electrons. The van der Waals surface area contributed by atoms with Crippen molar-refractivity contribution in [3.63, 3.8) is 0 Å². The molecule has 5 rings (SSSR count). The Morgan fingerprint density at radius 2 is 1.32 bits per heavy atom. The topological polar surface area (TPSA) is 60.7 Å². The molecule has 34 heavy (non-hydrogen) atoms. The second-order valence-corrected chi connectivity index (χ2v) is 16.3. The first kappa shape index (κ1) is 25.5. The molecule has 0 spiro atoms. The van der Waals surface area contributed by atoms with Gasteiger partial charge in [-0.25, -0.2) is 0 Å². The van der Waals surface area contributed by atoms with Crippen molar-refractivity contribution >= 4 is 0 Å². The van der Waals surface area contributed by atoms with E-state index in [1.54, 1.807) is 0 Å². The molecule has 0 amide bonds. The fourth-order valence-electron chi connectivity index (χ4n) is 11.9. The summed E-state index contributed by atoms with van der Waals surface area (Å²) in [7, 11) is 0. The van der Waals surface area contributed by atoms with Gasteiger partial charge in [0, 0.05) is 6.61 Å². The van der Waals surface area contributed by atoms with Crippen molar-refractivity contribution in [1.82, 2.24) is 0 Å². The highest BCUT2D eigenvalue weighted by molar-refractivity contribution is 5.24. The molecule has 5 aliphatic carbocycles. The lowest BCUT2D eigenvalue weighted by atomic mass is 9.27. The number of hydrogen-bond acceptors (Lipinski definition) is 3. The van der Waals surface area contributed by atoms with E-state index in [0.717, 1.165) is 44.9 Å². The van der Waals surface area contributed by atoms with E-state index in [0.29, 0.717) is 11.8 Å². The second kappa shape index (κ2) is 7.25. The van der Waals surface area contributed by atoms with Gasteiger partial charge in [0.05, 0.1) is 12.2 Å². The number of rotatable bonds is 1. The largest absolute Gasteiger partial charge is 0.396 e. The molecule has 5 saturated carbocycles. The molecule has 0 bridgehead atoms. The second-order valence-electron chi connectivity index (χ2n) is 16.3. The third-order valence-electron chi connectivity index (χ3n) is 14.7. The maximum absolute atomic E-state index is 12.2. The first-order chi connectivity index (χ1) is 15.5. The van der Waals surface area contributed by atoms with Crippen LogP contribution in [0.3, 0.4) is 0 Å². The van der Waals surface area contributed by atoms with Gasteiger partial charge in [0.25, 0.3) is 0 Å². The Morgan fingerprint density at radius 3 is 1.97 bits per heavy atom. The van der Waals surface area contributed by atoms with Crippen LogP contribution < -0.4 is 0 Å². The lowest BCUT2D eigenvalue weighted by Crippen LogP contribution is -2.74. The molecule has 0 saturated heterocycles. The van der Waals surface area contributed by atoms with Crippen molar-refractivity contribution in [3.8, 4) is 0 Å². The molecule has 3 N–H and O–H groups in total. The summed E-state index contributed by atoms with van der Waals surface area (Å²) in [5, 5.41) is 33.9. The Labute approximate surface area is 209 Å². The predicted octanol–water partition coefficient (Wildman–Crippen LogP) is 6.58. The van der Waals surface area contributed by atoms with Crippen molar-refractivity contribution in [2.45, 2.75) is 132 Å². The zero-order chi connectivity index (χ0) is 25.2. The van der Waals surface area contributed by atoms with Gasteiger partial charge >= 0.3 is 0 Å². The van der Waals surface area contributed by atoms with Crippen LogP contribution in [0, 0.1) is 55.7 Å². The maximum Gasteiger partial charge on any atom is 0.0594 e.